The number of benzene rings is 1. The van der Waals surface area contributed by atoms with Gasteiger partial charge in [-0.1, -0.05) is 12.1 Å². The van der Waals surface area contributed by atoms with Crippen LogP contribution in [-0.2, 0) is 11.3 Å². The lowest BCUT2D eigenvalue weighted by Gasteiger charge is -2.20. The van der Waals surface area contributed by atoms with Gasteiger partial charge >= 0.3 is 0 Å². The lowest BCUT2D eigenvalue weighted by molar-refractivity contribution is -0.130. The molecule has 1 aromatic carbocycles. The molecule has 4 heteroatoms. The quantitative estimate of drug-likeness (QED) is 0.809. The second-order valence-corrected chi connectivity index (χ2v) is 3.24. The summed E-state index contributed by atoms with van der Waals surface area (Å²) in [6, 6.07) is 6.22. The third kappa shape index (κ3) is 3.32. The number of amides is 1. The molecule has 0 aliphatic rings. The van der Waals surface area contributed by atoms with Crippen molar-refractivity contribution in [2.75, 3.05) is 13.1 Å². The van der Waals surface area contributed by atoms with E-state index in [1.54, 1.807) is 17.0 Å². The van der Waals surface area contributed by atoms with E-state index in [1.165, 1.54) is 12.1 Å². The molecule has 1 aromatic rings. The summed E-state index contributed by atoms with van der Waals surface area (Å²) in [5.41, 5.74) is 6.04. The molecule has 3 nitrogen and oxygen atoms in total. The summed E-state index contributed by atoms with van der Waals surface area (Å²) < 4.78 is 12.9. The van der Waals surface area contributed by atoms with Crippen molar-refractivity contribution in [3.05, 3.63) is 35.6 Å². The van der Waals surface area contributed by atoms with E-state index in [0.717, 1.165) is 5.56 Å². The predicted molar refractivity (Wildman–Crippen MR) is 56.5 cm³/mol. The minimum absolute atomic E-state index is 0.0108. The maximum Gasteiger partial charge on any atom is 0.236 e. The van der Waals surface area contributed by atoms with Crippen molar-refractivity contribution in [2.45, 2.75) is 13.5 Å². The van der Waals surface area contributed by atoms with Crippen LogP contribution in [0.3, 0.4) is 0 Å². The van der Waals surface area contributed by atoms with E-state index in [4.69, 9.17) is 5.73 Å². The first kappa shape index (κ1) is 11.7. The zero-order chi connectivity index (χ0) is 11.3. The van der Waals surface area contributed by atoms with Crippen LogP contribution in [-0.4, -0.2) is 23.9 Å². The Morgan fingerprint density at radius 1 is 1.53 bits per heavy atom. The van der Waals surface area contributed by atoms with Gasteiger partial charge in [-0.25, -0.2) is 4.39 Å². The lowest BCUT2D eigenvalue weighted by Crippen LogP contribution is -2.35. The second-order valence-electron chi connectivity index (χ2n) is 3.24. The molecule has 0 aliphatic heterocycles. The van der Waals surface area contributed by atoms with Crippen molar-refractivity contribution in [1.82, 2.24) is 4.90 Å². The van der Waals surface area contributed by atoms with Crippen molar-refractivity contribution in [3.63, 3.8) is 0 Å². The van der Waals surface area contributed by atoms with Crippen molar-refractivity contribution >= 4 is 5.91 Å². The highest BCUT2D eigenvalue weighted by atomic mass is 19.1. The number of carbonyl (C=O) groups excluding carboxylic acids is 1. The Kier molecular flexibility index (Phi) is 4.24. The van der Waals surface area contributed by atoms with Crippen LogP contribution in [0.1, 0.15) is 12.5 Å². The van der Waals surface area contributed by atoms with Crippen LogP contribution in [0.5, 0.6) is 0 Å². The summed E-state index contributed by atoms with van der Waals surface area (Å²) >= 11 is 0. The van der Waals surface area contributed by atoms with E-state index >= 15 is 0 Å². The highest BCUT2D eigenvalue weighted by molar-refractivity contribution is 5.77. The first-order chi connectivity index (χ1) is 7.17. The average molecular weight is 210 g/mol. The molecule has 0 radical (unpaired) electrons. The van der Waals surface area contributed by atoms with Gasteiger partial charge in [0.1, 0.15) is 5.82 Å². The Morgan fingerprint density at radius 3 is 2.80 bits per heavy atom. The fourth-order valence-electron chi connectivity index (χ4n) is 1.36. The van der Waals surface area contributed by atoms with Crippen molar-refractivity contribution in [1.29, 1.82) is 0 Å². The van der Waals surface area contributed by atoms with Crippen LogP contribution in [0.2, 0.25) is 0 Å². The second kappa shape index (κ2) is 5.46. The Labute approximate surface area is 88.7 Å². The molecule has 15 heavy (non-hydrogen) atoms. The number of nitrogens with two attached hydrogens (primary N) is 1. The number of nitrogens with zero attached hydrogens (tertiary/aromatic N) is 1. The van der Waals surface area contributed by atoms with Crippen LogP contribution in [0.15, 0.2) is 24.3 Å². The molecule has 0 atom stereocenters. The molecule has 2 N–H and O–H groups in total. The number of likely N-dealkylation sites (N-methyl/N-ethyl adjacent to an activating group) is 1. The molecular weight excluding hydrogens is 195 g/mol. The van der Waals surface area contributed by atoms with E-state index in [0.29, 0.717) is 13.1 Å². The topological polar surface area (TPSA) is 46.3 Å². The van der Waals surface area contributed by atoms with Gasteiger partial charge in [0.15, 0.2) is 0 Å². The van der Waals surface area contributed by atoms with Crippen molar-refractivity contribution in [2.24, 2.45) is 5.73 Å². The van der Waals surface area contributed by atoms with E-state index in [-0.39, 0.29) is 18.3 Å². The van der Waals surface area contributed by atoms with Gasteiger partial charge in [0.05, 0.1) is 6.54 Å². The first-order valence-corrected chi connectivity index (χ1v) is 4.89. The molecule has 82 valence electrons. The van der Waals surface area contributed by atoms with Gasteiger partial charge in [0, 0.05) is 13.1 Å². The summed E-state index contributed by atoms with van der Waals surface area (Å²) in [6.45, 7) is 2.84. The Morgan fingerprint density at radius 2 is 2.27 bits per heavy atom. The Bertz CT molecular complexity index is 341. The van der Waals surface area contributed by atoms with E-state index < -0.39 is 0 Å². The normalized spacial score (nSPS) is 10.1. The van der Waals surface area contributed by atoms with Crippen molar-refractivity contribution < 1.29 is 9.18 Å². The summed E-state index contributed by atoms with van der Waals surface area (Å²) in [4.78, 5) is 12.9. The van der Waals surface area contributed by atoms with E-state index in [1.807, 2.05) is 6.92 Å². The maximum absolute atomic E-state index is 12.9. The standard InChI is InChI=1S/C11H15FN2O/c1-2-14(11(15)7-13)8-9-4-3-5-10(12)6-9/h3-6H,2,7-8,13H2,1H3. The summed E-state index contributed by atoms with van der Waals surface area (Å²) in [5.74, 6) is -0.412. The SMILES string of the molecule is CCN(Cc1cccc(F)c1)C(=O)CN. The van der Waals surface area contributed by atoms with Crippen LogP contribution in [0, 0.1) is 5.82 Å². The summed E-state index contributed by atoms with van der Waals surface area (Å²) in [5, 5.41) is 0. The fourth-order valence-corrected chi connectivity index (χ4v) is 1.36. The molecule has 0 unspecified atom stereocenters. The van der Waals surface area contributed by atoms with Gasteiger partial charge in [-0.3, -0.25) is 4.79 Å². The van der Waals surface area contributed by atoms with Crippen LogP contribution >= 0.6 is 0 Å². The van der Waals surface area contributed by atoms with Crippen LogP contribution in [0.25, 0.3) is 0 Å². The molecule has 0 heterocycles. The van der Waals surface area contributed by atoms with Gasteiger partial charge in [-0.2, -0.15) is 0 Å². The predicted octanol–water partition coefficient (Wildman–Crippen LogP) is 1.13. The Balaban J connectivity index is 2.70. The zero-order valence-electron chi connectivity index (χ0n) is 8.74. The van der Waals surface area contributed by atoms with E-state index in [9.17, 15) is 9.18 Å². The maximum atomic E-state index is 12.9. The number of hydrogen-bond acceptors (Lipinski definition) is 2. The van der Waals surface area contributed by atoms with E-state index in [2.05, 4.69) is 0 Å². The van der Waals surface area contributed by atoms with Crippen LogP contribution < -0.4 is 5.73 Å². The highest BCUT2D eigenvalue weighted by Crippen LogP contribution is 2.07. The minimum atomic E-state index is -0.288. The molecular formula is C11H15FN2O. The monoisotopic (exact) mass is 210 g/mol. The fraction of sp³-hybridized carbons (Fsp3) is 0.364. The number of rotatable bonds is 4. The zero-order valence-corrected chi connectivity index (χ0v) is 8.74. The average Bonchev–Trinajstić information content (AvgIpc) is 2.25. The van der Waals surface area contributed by atoms with Gasteiger partial charge in [-0.15, -0.1) is 0 Å². The third-order valence-electron chi connectivity index (χ3n) is 2.17. The Hall–Kier alpha value is -1.42. The molecule has 0 fully saturated rings. The van der Waals surface area contributed by atoms with Gasteiger partial charge in [0.2, 0.25) is 5.91 Å². The third-order valence-corrected chi connectivity index (χ3v) is 2.17. The van der Waals surface area contributed by atoms with Gasteiger partial charge < -0.3 is 10.6 Å². The molecule has 0 saturated carbocycles. The summed E-state index contributed by atoms with van der Waals surface area (Å²) in [7, 11) is 0. The first-order valence-electron chi connectivity index (χ1n) is 4.89. The lowest BCUT2D eigenvalue weighted by atomic mass is 10.2. The van der Waals surface area contributed by atoms with Gasteiger partial charge in [-0.05, 0) is 24.6 Å². The molecule has 0 spiro atoms. The summed E-state index contributed by atoms with van der Waals surface area (Å²) in [6.07, 6.45) is 0. The smallest absolute Gasteiger partial charge is 0.236 e. The molecule has 0 aliphatic carbocycles. The minimum Gasteiger partial charge on any atom is -0.338 e. The molecule has 0 saturated heterocycles. The molecule has 1 rings (SSSR count). The van der Waals surface area contributed by atoms with Crippen LogP contribution in [0.4, 0.5) is 4.39 Å². The molecule has 1 amide bonds. The van der Waals surface area contributed by atoms with Crippen molar-refractivity contribution in [3.8, 4) is 0 Å². The number of hydrogen-bond donors (Lipinski definition) is 1. The highest BCUT2D eigenvalue weighted by Gasteiger charge is 2.09. The largest absolute Gasteiger partial charge is 0.338 e. The number of halogens is 1. The van der Waals surface area contributed by atoms with Gasteiger partial charge in [0.25, 0.3) is 0 Å². The number of carbonyl (C=O) groups is 1. The molecule has 0 aromatic heterocycles. The molecule has 0 bridgehead atoms.